The van der Waals surface area contributed by atoms with E-state index in [1.54, 1.807) is 0 Å². The van der Waals surface area contributed by atoms with E-state index in [-0.39, 0.29) is 8.81 Å². The summed E-state index contributed by atoms with van der Waals surface area (Å²) in [7, 11) is 0.161. The van der Waals surface area contributed by atoms with Crippen LogP contribution in [-0.4, -0.2) is 11.1 Å². The summed E-state index contributed by atoms with van der Waals surface area (Å²) in [5.41, 5.74) is 0. The zero-order valence-electron chi connectivity index (χ0n) is 8.47. The second-order valence-electron chi connectivity index (χ2n) is 3.51. The molecule has 0 fully saturated rings. The van der Waals surface area contributed by atoms with Gasteiger partial charge in [0.05, 0.1) is 0 Å². The molecule has 0 radical (unpaired) electrons. The van der Waals surface area contributed by atoms with E-state index in [2.05, 4.69) is 13.8 Å². The van der Waals surface area contributed by atoms with E-state index in [9.17, 15) is 0 Å². The fourth-order valence-electron chi connectivity index (χ4n) is 1.46. The largest absolute Gasteiger partial charge is 0.377 e. The highest BCUT2D eigenvalue weighted by Gasteiger charge is 2.06. The first-order chi connectivity index (χ1) is 5.85. The lowest BCUT2D eigenvalue weighted by Gasteiger charge is -2.13. The van der Waals surface area contributed by atoms with Gasteiger partial charge in [-0.05, 0) is 12.1 Å². The first kappa shape index (κ1) is 12.4. The fourth-order valence-corrected chi connectivity index (χ4v) is 2.13. The van der Waals surface area contributed by atoms with Crippen molar-refractivity contribution in [1.29, 1.82) is 0 Å². The van der Waals surface area contributed by atoms with Crippen LogP contribution in [0.25, 0.3) is 0 Å². The predicted molar refractivity (Wildman–Crippen MR) is 57.9 cm³/mol. The van der Waals surface area contributed by atoms with E-state index in [0.29, 0.717) is 0 Å². The molecule has 0 spiro atoms. The molecule has 0 heterocycles. The maximum atomic E-state index is 8.86. The third-order valence-corrected chi connectivity index (χ3v) is 3.07. The molecular weight excluding hydrogens is 167 g/mol. The van der Waals surface area contributed by atoms with E-state index >= 15 is 0 Å². The number of hydrogen-bond donors (Lipinski definition) is 1. The normalized spacial score (nSPS) is 12.0. The second-order valence-corrected chi connectivity index (χ2v) is 4.24. The third kappa shape index (κ3) is 7.06. The van der Waals surface area contributed by atoms with Crippen molar-refractivity contribution >= 4 is 8.81 Å². The summed E-state index contributed by atoms with van der Waals surface area (Å²) in [5.74, 6) is 0.799. The van der Waals surface area contributed by atoms with Gasteiger partial charge in [-0.2, -0.15) is 0 Å². The Morgan fingerprint density at radius 2 is 1.58 bits per heavy atom. The number of rotatable bonds is 8. The Kier molecular flexibility index (Phi) is 9.79. The molecule has 0 rings (SSSR count). The third-order valence-electron chi connectivity index (χ3n) is 2.31. The van der Waals surface area contributed by atoms with Crippen molar-refractivity contribution in [2.24, 2.45) is 5.92 Å². The van der Waals surface area contributed by atoms with Gasteiger partial charge in [0.1, 0.15) is 0 Å². The minimum atomic E-state index is 0.161. The quantitative estimate of drug-likeness (QED) is 0.580. The van der Waals surface area contributed by atoms with Crippen molar-refractivity contribution in [3.8, 4) is 0 Å². The van der Waals surface area contributed by atoms with Gasteiger partial charge in [-0.1, -0.05) is 52.4 Å². The van der Waals surface area contributed by atoms with Crippen LogP contribution in [0.15, 0.2) is 0 Å². The molecule has 0 aliphatic carbocycles. The summed E-state index contributed by atoms with van der Waals surface area (Å²) in [6.45, 7) is 4.47. The molecule has 12 heavy (non-hydrogen) atoms. The summed E-state index contributed by atoms with van der Waals surface area (Å²) in [5, 5.41) is 0. The first-order valence-electron chi connectivity index (χ1n) is 5.22. The molecule has 0 aromatic carbocycles. The van der Waals surface area contributed by atoms with E-state index in [4.69, 9.17) is 4.89 Å². The molecule has 0 aromatic heterocycles. The molecule has 0 saturated heterocycles. The Labute approximate surface area is 78.8 Å². The molecule has 1 nitrogen and oxygen atoms in total. The summed E-state index contributed by atoms with van der Waals surface area (Å²) in [4.78, 5) is 8.86. The molecule has 1 unspecified atom stereocenters. The average molecular weight is 190 g/mol. The van der Waals surface area contributed by atoms with E-state index in [1.807, 2.05) is 0 Å². The monoisotopic (exact) mass is 190 g/mol. The predicted octanol–water partition coefficient (Wildman–Crippen LogP) is 3.57. The van der Waals surface area contributed by atoms with Crippen LogP contribution < -0.4 is 0 Å². The highest BCUT2D eigenvalue weighted by atomic mass is 31.1. The molecule has 0 aliphatic heterocycles. The zero-order valence-corrected chi connectivity index (χ0v) is 9.47. The summed E-state index contributed by atoms with van der Waals surface area (Å²) in [6, 6.07) is 0. The van der Waals surface area contributed by atoms with Crippen molar-refractivity contribution < 1.29 is 4.89 Å². The zero-order chi connectivity index (χ0) is 9.23. The minimum Gasteiger partial charge on any atom is -0.377 e. The molecule has 0 aliphatic rings. The Hall–Kier alpha value is 0.390. The lowest BCUT2D eigenvalue weighted by molar-refractivity contribution is 0.453. The summed E-state index contributed by atoms with van der Waals surface area (Å²) in [6.07, 6.45) is 8.93. The van der Waals surface area contributed by atoms with Gasteiger partial charge in [0.2, 0.25) is 0 Å². The van der Waals surface area contributed by atoms with Crippen LogP contribution in [-0.2, 0) is 0 Å². The molecule has 1 N–H and O–H groups in total. The summed E-state index contributed by atoms with van der Waals surface area (Å²) < 4.78 is 0. The highest BCUT2D eigenvalue weighted by Crippen LogP contribution is 2.21. The van der Waals surface area contributed by atoms with Crippen LogP contribution in [0.1, 0.15) is 52.4 Å². The second kappa shape index (κ2) is 9.48. The standard InChI is InChI=1S/C10H23OP/c1-3-5-7-10(9-12-11)8-6-4-2/h10-12H,3-9H2,1-2H3. The van der Waals surface area contributed by atoms with Gasteiger partial charge in [-0.15, -0.1) is 0 Å². The van der Waals surface area contributed by atoms with Gasteiger partial charge >= 0.3 is 0 Å². The van der Waals surface area contributed by atoms with Crippen molar-refractivity contribution in [3.05, 3.63) is 0 Å². The Bertz CT molecular complexity index is 77.9. The molecule has 2 heteroatoms. The van der Waals surface area contributed by atoms with Crippen LogP contribution in [0.5, 0.6) is 0 Å². The maximum absolute atomic E-state index is 8.86. The molecule has 0 amide bonds. The molecule has 0 bridgehead atoms. The summed E-state index contributed by atoms with van der Waals surface area (Å²) >= 11 is 0. The van der Waals surface area contributed by atoms with Crippen molar-refractivity contribution in [2.75, 3.05) is 6.16 Å². The minimum absolute atomic E-state index is 0.161. The topological polar surface area (TPSA) is 20.2 Å². The Morgan fingerprint density at radius 1 is 1.08 bits per heavy atom. The fraction of sp³-hybridized carbons (Fsp3) is 1.00. The highest BCUT2D eigenvalue weighted by molar-refractivity contribution is 7.31. The van der Waals surface area contributed by atoms with Gasteiger partial charge in [-0.25, -0.2) is 0 Å². The number of hydrogen-bond acceptors (Lipinski definition) is 1. The van der Waals surface area contributed by atoms with Crippen LogP contribution in [0.2, 0.25) is 0 Å². The van der Waals surface area contributed by atoms with Gasteiger partial charge in [-0.3, -0.25) is 0 Å². The Balaban J connectivity index is 3.40. The van der Waals surface area contributed by atoms with E-state index < -0.39 is 0 Å². The van der Waals surface area contributed by atoms with Crippen molar-refractivity contribution in [3.63, 3.8) is 0 Å². The molecule has 0 aromatic rings. The van der Waals surface area contributed by atoms with Gasteiger partial charge in [0.15, 0.2) is 0 Å². The molecule has 74 valence electrons. The average Bonchev–Trinajstić information content (AvgIpc) is 2.10. The molecule has 1 atom stereocenters. The van der Waals surface area contributed by atoms with Gasteiger partial charge < -0.3 is 4.89 Å². The van der Waals surface area contributed by atoms with Crippen LogP contribution in [0, 0.1) is 5.92 Å². The van der Waals surface area contributed by atoms with E-state index in [0.717, 1.165) is 12.1 Å². The van der Waals surface area contributed by atoms with Crippen LogP contribution in [0.4, 0.5) is 0 Å². The lowest BCUT2D eigenvalue weighted by atomic mass is 9.98. The van der Waals surface area contributed by atoms with Gasteiger partial charge in [0, 0.05) is 8.81 Å². The smallest absolute Gasteiger partial charge is 0.0110 e. The van der Waals surface area contributed by atoms with Crippen molar-refractivity contribution in [2.45, 2.75) is 52.4 Å². The van der Waals surface area contributed by atoms with Crippen LogP contribution in [0.3, 0.4) is 0 Å². The van der Waals surface area contributed by atoms with E-state index in [1.165, 1.54) is 38.5 Å². The van der Waals surface area contributed by atoms with Crippen LogP contribution >= 0.6 is 8.81 Å². The molecule has 0 saturated carbocycles. The number of unbranched alkanes of at least 4 members (excludes halogenated alkanes) is 2. The maximum Gasteiger partial charge on any atom is 0.0110 e. The molecular formula is C10H23OP. The lowest BCUT2D eigenvalue weighted by Crippen LogP contribution is -2.02. The SMILES string of the molecule is CCCCC(CCCC)CPO. The van der Waals surface area contributed by atoms with Crippen molar-refractivity contribution in [1.82, 2.24) is 0 Å². The first-order valence-corrected chi connectivity index (χ1v) is 6.37. The van der Waals surface area contributed by atoms with Gasteiger partial charge in [0.25, 0.3) is 0 Å². The Morgan fingerprint density at radius 3 is 1.92 bits per heavy atom.